The van der Waals surface area contributed by atoms with Crippen molar-refractivity contribution in [1.29, 1.82) is 0 Å². The Morgan fingerprint density at radius 2 is 0.738 bits per heavy atom. The molecule has 0 spiro atoms. The fraction of sp³-hybridized carbons (Fsp3) is 0.864. The standard InChI is InChI=1S/C59H111NO5/c1-3-5-7-9-11-13-32-37-41-45-49-53-59(64)65-54-50-46-42-38-34-31-29-27-25-23-21-19-17-15-14-16-18-20-22-24-26-28-30-33-36-40-44-48-52-58(63)60-56(55-61)57(62)51-47-43-39-35-12-10-8-6-4-2/h9,11,14-15,47,51,56-57,61-62H,3-8,10,12-13,16-46,48-50,52-55H2,1-2H3,(H,60,63)/b11-9-,15-14-,51-47+. The first kappa shape index (κ1) is 63.1. The van der Waals surface area contributed by atoms with E-state index in [0.717, 1.165) is 44.9 Å². The molecular weight excluding hydrogens is 803 g/mol. The number of ether oxygens (including phenoxy) is 1. The van der Waals surface area contributed by atoms with Gasteiger partial charge in [-0.3, -0.25) is 9.59 Å². The number of aliphatic hydroxyl groups excluding tert-OH is 2. The fourth-order valence-electron chi connectivity index (χ4n) is 8.67. The molecule has 0 aromatic rings. The Labute approximate surface area is 404 Å². The molecule has 0 aromatic carbocycles. The summed E-state index contributed by atoms with van der Waals surface area (Å²) in [7, 11) is 0. The number of hydrogen-bond acceptors (Lipinski definition) is 5. The number of carbonyl (C=O) groups is 2. The van der Waals surface area contributed by atoms with Gasteiger partial charge in [-0.25, -0.2) is 0 Å². The average molecular weight is 915 g/mol. The van der Waals surface area contributed by atoms with Gasteiger partial charge >= 0.3 is 5.97 Å². The van der Waals surface area contributed by atoms with Crippen molar-refractivity contribution in [1.82, 2.24) is 5.32 Å². The van der Waals surface area contributed by atoms with Crippen molar-refractivity contribution in [3.8, 4) is 0 Å². The Balaban J connectivity index is 3.37. The number of amides is 1. The highest BCUT2D eigenvalue weighted by Crippen LogP contribution is 2.16. The van der Waals surface area contributed by atoms with Crippen LogP contribution in [0.1, 0.15) is 303 Å². The molecule has 0 bridgehead atoms. The van der Waals surface area contributed by atoms with Crippen LogP contribution in [0.25, 0.3) is 0 Å². The van der Waals surface area contributed by atoms with Crippen molar-refractivity contribution in [2.75, 3.05) is 13.2 Å². The van der Waals surface area contributed by atoms with Gasteiger partial charge in [0.15, 0.2) is 0 Å². The molecule has 0 rings (SSSR count). The van der Waals surface area contributed by atoms with E-state index >= 15 is 0 Å². The molecule has 0 saturated carbocycles. The van der Waals surface area contributed by atoms with E-state index in [-0.39, 0.29) is 18.5 Å². The second kappa shape index (κ2) is 54.7. The first-order chi connectivity index (χ1) is 32.0. The van der Waals surface area contributed by atoms with Crippen LogP contribution < -0.4 is 5.32 Å². The van der Waals surface area contributed by atoms with Crippen molar-refractivity contribution in [3.63, 3.8) is 0 Å². The summed E-state index contributed by atoms with van der Waals surface area (Å²) >= 11 is 0. The van der Waals surface area contributed by atoms with Crippen LogP contribution in [0.15, 0.2) is 36.5 Å². The van der Waals surface area contributed by atoms with Gasteiger partial charge < -0.3 is 20.3 Å². The van der Waals surface area contributed by atoms with Gasteiger partial charge in [0, 0.05) is 12.8 Å². The summed E-state index contributed by atoms with van der Waals surface area (Å²) in [6, 6.07) is -0.625. The van der Waals surface area contributed by atoms with Crippen LogP contribution in [0.3, 0.4) is 0 Å². The van der Waals surface area contributed by atoms with Gasteiger partial charge in [0.25, 0.3) is 0 Å². The molecule has 2 atom stereocenters. The van der Waals surface area contributed by atoms with Crippen molar-refractivity contribution < 1.29 is 24.5 Å². The third-order valence-electron chi connectivity index (χ3n) is 13.1. The van der Waals surface area contributed by atoms with Crippen LogP contribution in [0.4, 0.5) is 0 Å². The Morgan fingerprint density at radius 3 is 1.14 bits per heavy atom. The minimum absolute atomic E-state index is 0.00381. The topological polar surface area (TPSA) is 95.9 Å². The Hall–Kier alpha value is -1.92. The summed E-state index contributed by atoms with van der Waals surface area (Å²) in [5.41, 5.74) is 0. The Kier molecular flexibility index (Phi) is 53.1. The molecule has 0 fully saturated rings. The number of esters is 1. The molecule has 2 unspecified atom stereocenters. The molecule has 1 amide bonds. The number of unbranched alkanes of at least 4 members (excludes halogenated alkanes) is 38. The van der Waals surface area contributed by atoms with Crippen LogP contribution in [-0.2, 0) is 14.3 Å². The quantitative estimate of drug-likeness (QED) is 0.0321. The molecular formula is C59H111NO5. The summed E-state index contributed by atoms with van der Waals surface area (Å²) in [6.07, 6.45) is 67.6. The lowest BCUT2D eigenvalue weighted by atomic mass is 10.0. The predicted molar refractivity (Wildman–Crippen MR) is 283 cm³/mol. The number of aliphatic hydroxyl groups is 2. The molecule has 0 aliphatic carbocycles. The minimum Gasteiger partial charge on any atom is -0.466 e. The average Bonchev–Trinajstić information content (AvgIpc) is 3.31. The SMILES string of the molecule is CCCC/C=C\CCCCCCCC(=O)OCCCCCCCCCCCCCC/C=C\CCCCCCCCCCCCCCC(=O)NC(CO)C(O)/C=C/CCCCCCCCC. The predicted octanol–water partition coefficient (Wildman–Crippen LogP) is 17.6. The van der Waals surface area contributed by atoms with Gasteiger partial charge in [-0.15, -0.1) is 0 Å². The van der Waals surface area contributed by atoms with Crippen molar-refractivity contribution in [2.24, 2.45) is 0 Å². The fourth-order valence-corrected chi connectivity index (χ4v) is 8.67. The maximum atomic E-state index is 12.4. The summed E-state index contributed by atoms with van der Waals surface area (Å²) in [5, 5.41) is 22.9. The summed E-state index contributed by atoms with van der Waals surface area (Å²) in [6.45, 7) is 4.84. The number of nitrogens with one attached hydrogen (secondary N) is 1. The maximum absolute atomic E-state index is 12.4. The van der Waals surface area contributed by atoms with Crippen molar-refractivity contribution in [3.05, 3.63) is 36.5 Å². The summed E-state index contributed by atoms with van der Waals surface area (Å²) < 4.78 is 5.45. The molecule has 0 radical (unpaired) electrons. The zero-order valence-corrected chi connectivity index (χ0v) is 43.5. The van der Waals surface area contributed by atoms with Crippen molar-refractivity contribution >= 4 is 11.9 Å². The molecule has 65 heavy (non-hydrogen) atoms. The third-order valence-corrected chi connectivity index (χ3v) is 13.1. The zero-order chi connectivity index (χ0) is 47.2. The van der Waals surface area contributed by atoms with Crippen LogP contribution in [-0.4, -0.2) is 47.4 Å². The molecule has 6 nitrogen and oxygen atoms in total. The Morgan fingerprint density at radius 1 is 0.415 bits per heavy atom. The first-order valence-electron chi connectivity index (χ1n) is 28.8. The highest BCUT2D eigenvalue weighted by molar-refractivity contribution is 5.76. The number of rotatable bonds is 53. The number of carbonyl (C=O) groups excluding carboxylic acids is 2. The molecule has 3 N–H and O–H groups in total. The van der Waals surface area contributed by atoms with Gasteiger partial charge in [0.2, 0.25) is 5.91 Å². The lowest BCUT2D eigenvalue weighted by molar-refractivity contribution is -0.143. The first-order valence-corrected chi connectivity index (χ1v) is 28.8. The van der Waals surface area contributed by atoms with Gasteiger partial charge in [0.05, 0.1) is 25.4 Å². The molecule has 6 heteroatoms. The van der Waals surface area contributed by atoms with Gasteiger partial charge in [-0.2, -0.15) is 0 Å². The van der Waals surface area contributed by atoms with Gasteiger partial charge in [-0.05, 0) is 77.0 Å². The van der Waals surface area contributed by atoms with E-state index in [4.69, 9.17) is 4.74 Å². The molecule has 382 valence electrons. The Bertz CT molecular complexity index is 1060. The highest BCUT2D eigenvalue weighted by atomic mass is 16.5. The van der Waals surface area contributed by atoms with Crippen LogP contribution >= 0.6 is 0 Å². The normalized spacial score (nSPS) is 12.9. The number of hydrogen-bond donors (Lipinski definition) is 3. The van der Waals surface area contributed by atoms with Crippen LogP contribution in [0.2, 0.25) is 0 Å². The zero-order valence-electron chi connectivity index (χ0n) is 43.5. The van der Waals surface area contributed by atoms with Gasteiger partial charge in [-0.1, -0.05) is 249 Å². The molecule has 0 aliphatic rings. The van der Waals surface area contributed by atoms with Crippen LogP contribution in [0.5, 0.6) is 0 Å². The van der Waals surface area contributed by atoms with E-state index in [1.165, 1.54) is 231 Å². The van der Waals surface area contributed by atoms with E-state index in [1.807, 2.05) is 6.08 Å². The second-order valence-corrected chi connectivity index (χ2v) is 19.6. The van der Waals surface area contributed by atoms with Crippen LogP contribution in [0, 0.1) is 0 Å². The lowest BCUT2D eigenvalue weighted by Crippen LogP contribution is -2.45. The van der Waals surface area contributed by atoms with Gasteiger partial charge in [0.1, 0.15) is 0 Å². The summed E-state index contributed by atoms with van der Waals surface area (Å²) in [4.78, 5) is 24.4. The van der Waals surface area contributed by atoms with Crippen molar-refractivity contribution in [2.45, 2.75) is 315 Å². The van der Waals surface area contributed by atoms with E-state index in [0.29, 0.717) is 19.4 Å². The molecule has 0 saturated heterocycles. The molecule has 0 heterocycles. The highest BCUT2D eigenvalue weighted by Gasteiger charge is 2.18. The van der Waals surface area contributed by atoms with E-state index < -0.39 is 12.1 Å². The minimum atomic E-state index is -0.842. The van der Waals surface area contributed by atoms with E-state index in [1.54, 1.807) is 6.08 Å². The second-order valence-electron chi connectivity index (χ2n) is 19.6. The largest absolute Gasteiger partial charge is 0.466 e. The number of allylic oxidation sites excluding steroid dienone is 5. The third kappa shape index (κ3) is 51.3. The molecule has 0 aromatic heterocycles. The van der Waals surface area contributed by atoms with E-state index in [2.05, 4.69) is 43.5 Å². The lowest BCUT2D eigenvalue weighted by Gasteiger charge is -2.20. The van der Waals surface area contributed by atoms with E-state index in [9.17, 15) is 19.8 Å². The summed E-state index contributed by atoms with van der Waals surface area (Å²) in [5.74, 6) is -0.0669. The smallest absolute Gasteiger partial charge is 0.305 e. The maximum Gasteiger partial charge on any atom is 0.305 e. The molecule has 0 aliphatic heterocycles. The monoisotopic (exact) mass is 914 g/mol.